The summed E-state index contributed by atoms with van der Waals surface area (Å²) in [6, 6.07) is 10.8. The molecule has 0 saturated carbocycles. The van der Waals surface area contributed by atoms with Crippen molar-refractivity contribution in [2.45, 2.75) is 10.0 Å². The van der Waals surface area contributed by atoms with Gasteiger partial charge in [0.25, 0.3) is 0 Å². The molecule has 2 aromatic carbocycles. The van der Waals surface area contributed by atoms with Crippen molar-refractivity contribution in [2.75, 3.05) is 0 Å². The van der Waals surface area contributed by atoms with Crippen molar-refractivity contribution in [2.24, 2.45) is 5.73 Å². The van der Waals surface area contributed by atoms with E-state index in [-0.39, 0.29) is 5.56 Å². The highest BCUT2D eigenvalue weighted by Crippen LogP contribution is 2.38. The lowest BCUT2D eigenvalue weighted by atomic mass is 9.65. The zero-order valence-corrected chi connectivity index (χ0v) is 16.7. The fraction of sp³-hybridized carbons (Fsp3) is 0.118. The number of carbonyl (C=O) groups excluding carboxylic acids is 1. The number of halogens is 2. The van der Waals surface area contributed by atoms with Crippen LogP contribution in [0.4, 0.5) is 8.78 Å². The number of ether oxygens (including phenoxy) is 1. The first-order valence-corrected chi connectivity index (χ1v) is 9.99. The Hall–Kier alpha value is -2.75. The molecule has 0 fully saturated rings. The minimum atomic E-state index is -4.40. The van der Waals surface area contributed by atoms with Crippen LogP contribution in [-0.4, -0.2) is 37.7 Å². The van der Waals surface area contributed by atoms with Gasteiger partial charge in [-0.15, -0.1) is 0 Å². The van der Waals surface area contributed by atoms with Crippen LogP contribution in [-0.2, 0) is 33.9 Å². The maximum Gasteiger partial charge on any atom is 0.304 e. The minimum absolute atomic E-state index is 0.301. The van der Waals surface area contributed by atoms with E-state index in [1.54, 1.807) is 30.3 Å². The Kier molecular flexibility index (Phi) is 5.02. The number of hydrogen-bond acceptors (Lipinski definition) is 6. The van der Waals surface area contributed by atoms with E-state index in [2.05, 4.69) is 0 Å². The average molecular weight is 417 g/mol. The van der Waals surface area contributed by atoms with E-state index in [4.69, 9.17) is 14.7 Å². The van der Waals surface area contributed by atoms with Crippen molar-refractivity contribution >= 4 is 39.4 Å². The van der Waals surface area contributed by atoms with Gasteiger partial charge in [-0.1, -0.05) is 30.3 Å². The molecular weight excluding hydrogens is 401 g/mol. The number of benzene rings is 2. The Bertz CT molecular complexity index is 1130. The summed E-state index contributed by atoms with van der Waals surface area (Å²) in [4.78, 5) is 12.9. The normalized spacial score (nSPS) is 19.9. The van der Waals surface area contributed by atoms with Gasteiger partial charge in [0.05, 0.1) is 4.55 Å². The molecule has 0 aliphatic carbocycles. The van der Waals surface area contributed by atoms with Crippen molar-refractivity contribution in [3.8, 4) is 0 Å². The Labute approximate surface area is 169 Å². The molecule has 1 heterocycles. The zero-order valence-electron chi connectivity index (χ0n) is 15.9. The first-order chi connectivity index (χ1) is 13.4. The summed E-state index contributed by atoms with van der Waals surface area (Å²) in [6.07, 6.45) is 0. The van der Waals surface area contributed by atoms with Crippen LogP contribution < -0.4 is 5.73 Å². The van der Waals surface area contributed by atoms with Crippen LogP contribution in [0.3, 0.4) is 0 Å². The molecule has 0 saturated heterocycles. The molecule has 6 nitrogen and oxygen atoms in total. The molecule has 29 heavy (non-hydrogen) atoms. The number of Topliss-reactive ketones (excluding diaryl/α,β-unsaturated/α-hetero) is 1. The van der Waals surface area contributed by atoms with Gasteiger partial charge in [-0.05, 0) is 17.7 Å². The fourth-order valence-corrected chi connectivity index (χ4v) is 3.98. The molecule has 0 aromatic heterocycles. The summed E-state index contributed by atoms with van der Waals surface area (Å²) in [5.74, 6) is -4.23. The summed E-state index contributed by atoms with van der Waals surface area (Å²) in [5.41, 5.74) is 3.83. The Balaban J connectivity index is 1.96. The summed E-state index contributed by atoms with van der Waals surface area (Å²) in [5, 5.41) is 0. The lowest BCUT2D eigenvalue weighted by Gasteiger charge is -2.26. The zero-order chi connectivity index (χ0) is 21.6. The standard InChI is InChI=1S/C17H16B3F2NO5S/c18-16(11-7-6-10(21)8-12(11)22)14(24)13(15(23)27-16)28-29(25,26)17(19,20)9-4-2-1-3-5-9/h1-8H,18-20,23H2/t16-/m1/s1. The maximum atomic E-state index is 14.2. The molecule has 1 aliphatic rings. The highest BCUT2D eigenvalue weighted by molar-refractivity contribution is 7.90. The Morgan fingerprint density at radius 2 is 1.72 bits per heavy atom. The van der Waals surface area contributed by atoms with Gasteiger partial charge in [0.1, 0.15) is 27.3 Å². The third-order valence-electron chi connectivity index (χ3n) is 4.91. The van der Waals surface area contributed by atoms with Gasteiger partial charge in [0, 0.05) is 11.6 Å². The highest BCUT2D eigenvalue weighted by atomic mass is 32.2. The second kappa shape index (κ2) is 6.94. The maximum absolute atomic E-state index is 14.2. The van der Waals surface area contributed by atoms with Gasteiger partial charge < -0.3 is 14.7 Å². The summed E-state index contributed by atoms with van der Waals surface area (Å²) in [7, 11) is -0.385. The molecule has 0 amide bonds. The molecule has 0 spiro atoms. The Morgan fingerprint density at radius 3 is 2.31 bits per heavy atom. The van der Waals surface area contributed by atoms with Crippen molar-refractivity contribution < 1.29 is 30.9 Å². The summed E-state index contributed by atoms with van der Waals surface area (Å²) < 4.78 is 62.1. The molecule has 0 unspecified atom stereocenters. The number of nitrogens with two attached hydrogens (primary N) is 1. The van der Waals surface area contributed by atoms with Gasteiger partial charge in [-0.3, -0.25) is 4.79 Å². The second-order valence-corrected chi connectivity index (χ2v) is 9.29. The predicted molar refractivity (Wildman–Crippen MR) is 109 cm³/mol. The van der Waals surface area contributed by atoms with Crippen LogP contribution in [0.1, 0.15) is 11.1 Å². The van der Waals surface area contributed by atoms with Crippen LogP contribution in [0.2, 0.25) is 0 Å². The third-order valence-corrected chi connectivity index (χ3v) is 6.78. The number of rotatable bonds is 5. The summed E-state index contributed by atoms with van der Waals surface area (Å²) >= 11 is 0. The van der Waals surface area contributed by atoms with E-state index in [1.807, 2.05) is 0 Å². The van der Waals surface area contributed by atoms with Gasteiger partial charge in [0.15, 0.2) is 13.3 Å². The van der Waals surface area contributed by atoms with Crippen molar-refractivity contribution in [1.29, 1.82) is 0 Å². The van der Waals surface area contributed by atoms with E-state index in [0.717, 1.165) is 12.1 Å². The van der Waals surface area contributed by atoms with Gasteiger partial charge in [0.2, 0.25) is 17.4 Å². The molecular formula is C17H16B3F2NO5S. The first kappa shape index (κ1) is 21.0. The highest BCUT2D eigenvalue weighted by Gasteiger charge is 2.51. The second-order valence-electron chi connectivity index (χ2n) is 7.20. The smallest absolute Gasteiger partial charge is 0.304 e. The van der Waals surface area contributed by atoms with Crippen molar-refractivity contribution in [3.63, 3.8) is 0 Å². The summed E-state index contributed by atoms with van der Waals surface area (Å²) in [6.45, 7) is 0. The quantitative estimate of drug-likeness (QED) is 0.491. The van der Waals surface area contributed by atoms with E-state index in [1.165, 1.54) is 23.5 Å². The van der Waals surface area contributed by atoms with Crippen LogP contribution >= 0.6 is 0 Å². The van der Waals surface area contributed by atoms with E-state index < -0.39 is 49.2 Å². The molecule has 2 aromatic rings. The molecule has 0 bridgehead atoms. The van der Waals surface area contributed by atoms with Crippen molar-refractivity contribution in [3.05, 3.63) is 82.9 Å². The van der Waals surface area contributed by atoms with E-state index in [9.17, 15) is 22.0 Å². The van der Waals surface area contributed by atoms with Crippen LogP contribution in [0.5, 0.6) is 0 Å². The van der Waals surface area contributed by atoms with E-state index in [0.29, 0.717) is 11.6 Å². The third kappa shape index (κ3) is 3.41. The SMILES string of the molecule is BC(B)(c1ccccc1)S(=O)(=O)OC1=C(N)O[C@](B)(c2ccc(F)cc2F)C1=O. The molecule has 0 radical (unpaired) electrons. The topological polar surface area (TPSA) is 95.7 Å². The lowest BCUT2D eigenvalue weighted by Crippen LogP contribution is -2.40. The minimum Gasteiger partial charge on any atom is -0.467 e. The molecule has 1 atom stereocenters. The Morgan fingerprint density at radius 1 is 1.10 bits per heavy atom. The van der Waals surface area contributed by atoms with Gasteiger partial charge in [-0.25, -0.2) is 8.78 Å². The van der Waals surface area contributed by atoms with Crippen LogP contribution in [0, 0.1) is 11.6 Å². The molecule has 1 aliphatic heterocycles. The predicted octanol–water partition coefficient (Wildman–Crippen LogP) is -1.10. The molecule has 2 N–H and O–H groups in total. The number of carbonyl (C=O) groups is 1. The van der Waals surface area contributed by atoms with Crippen LogP contribution in [0.15, 0.2) is 60.2 Å². The number of ketones is 1. The van der Waals surface area contributed by atoms with Crippen LogP contribution in [0.25, 0.3) is 0 Å². The van der Waals surface area contributed by atoms with Gasteiger partial charge >= 0.3 is 10.1 Å². The fourth-order valence-electron chi connectivity index (χ4n) is 2.97. The first-order valence-electron chi connectivity index (χ1n) is 8.59. The number of hydrogen-bond donors (Lipinski definition) is 1. The molecule has 148 valence electrons. The lowest BCUT2D eigenvalue weighted by molar-refractivity contribution is -0.126. The molecule has 12 heteroatoms. The average Bonchev–Trinajstić information content (AvgIpc) is 2.85. The molecule has 3 rings (SSSR count). The monoisotopic (exact) mass is 417 g/mol. The largest absolute Gasteiger partial charge is 0.467 e. The van der Waals surface area contributed by atoms with E-state index >= 15 is 0 Å². The van der Waals surface area contributed by atoms with Gasteiger partial charge in [-0.2, -0.15) is 8.42 Å². The van der Waals surface area contributed by atoms with Crippen molar-refractivity contribution in [1.82, 2.24) is 0 Å².